The van der Waals surface area contributed by atoms with Crippen LogP contribution in [0.3, 0.4) is 0 Å². The van der Waals surface area contributed by atoms with Crippen LogP contribution in [0.2, 0.25) is 0 Å². The summed E-state index contributed by atoms with van der Waals surface area (Å²) in [6.07, 6.45) is -0.197. The zero-order valence-corrected chi connectivity index (χ0v) is 24.7. The van der Waals surface area contributed by atoms with Gasteiger partial charge in [-0.05, 0) is 55.5 Å². The summed E-state index contributed by atoms with van der Waals surface area (Å²) in [5.41, 5.74) is -6.93. The highest BCUT2D eigenvalue weighted by molar-refractivity contribution is 6.26. The summed E-state index contributed by atoms with van der Waals surface area (Å²) in [4.78, 5) is 52.9. The quantitative estimate of drug-likeness (QED) is 0.255. The van der Waals surface area contributed by atoms with E-state index in [4.69, 9.17) is 0 Å². The molecule has 0 radical (unpaired) electrons. The van der Waals surface area contributed by atoms with Gasteiger partial charge in [-0.2, -0.15) is 0 Å². The van der Waals surface area contributed by atoms with Gasteiger partial charge in [0.2, 0.25) is 5.78 Å². The zero-order valence-electron chi connectivity index (χ0n) is 24.7. The lowest BCUT2D eigenvalue weighted by Gasteiger charge is -2.62. The molecule has 0 saturated heterocycles. The molecule has 0 bridgehead atoms. The average molecular weight is 587 g/mol. The number of carbonyl (C=O) groups excluding carboxylic acids is 4. The first kappa shape index (κ1) is 30.1. The molecule has 3 aliphatic carbocycles. The van der Waals surface area contributed by atoms with E-state index >= 15 is 0 Å². The monoisotopic (exact) mass is 586 g/mol. The van der Waals surface area contributed by atoms with Crippen LogP contribution in [-0.4, -0.2) is 60.4 Å². The highest BCUT2D eigenvalue weighted by atomic mass is 16.4. The number of rotatable bonds is 4. The molecule has 0 fully saturated rings. The first-order valence-electron chi connectivity index (χ1n) is 14.0. The number of carbonyl (C=O) groups is 4. The van der Waals surface area contributed by atoms with Crippen molar-refractivity contribution in [3.05, 3.63) is 87.4 Å². The summed E-state index contributed by atoms with van der Waals surface area (Å²) in [5, 5.41) is 58.9. The van der Waals surface area contributed by atoms with Crippen molar-refractivity contribution in [2.24, 2.45) is 22.7 Å². The molecule has 0 aromatic heterocycles. The molecule has 43 heavy (non-hydrogen) atoms. The number of benzene rings is 2. The zero-order chi connectivity index (χ0) is 32.0. The molecule has 0 spiro atoms. The van der Waals surface area contributed by atoms with Gasteiger partial charge >= 0.3 is 0 Å². The minimum Gasteiger partial charge on any atom is -0.511 e. The fourth-order valence-corrected chi connectivity index (χ4v) is 7.72. The summed E-state index contributed by atoms with van der Waals surface area (Å²) in [7, 11) is 0. The molecule has 5 rings (SSSR count). The maximum Gasteiger partial charge on any atom is 0.209 e. The Hall–Kier alpha value is -4.34. The van der Waals surface area contributed by atoms with Gasteiger partial charge in [-0.25, -0.2) is 0 Å². The highest BCUT2D eigenvalue weighted by Crippen LogP contribution is 2.67. The summed E-state index contributed by atoms with van der Waals surface area (Å²) in [5.74, 6) is -7.19. The fourth-order valence-electron chi connectivity index (χ4n) is 7.72. The standard InChI is InChI=1S/C34H34O9/c1-15(2)25-27(38)23(17(4)36)29(40)34(43)30(41)26-28(39)24-20(11-8-12-22(24)37)21(32(26,5)31(42)33(25,34)6)14-18-9-7-10-19(13-18)16(3)35/h7-15,25,31,37-38,41-43H,1-6H3/b21-14+/t25?,31-,32+,33+,34+/m1/s1. The maximum atomic E-state index is 14.2. The molecule has 0 amide bonds. The molecule has 2 aromatic rings. The topological polar surface area (TPSA) is 169 Å². The summed E-state index contributed by atoms with van der Waals surface area (Å²) >= 11 is 0. The summed E-state index contributed by atoms with van der Waals surface area (Å²) < 4.78 is 0. The lowest BCUT2D eigenvalue weighted by atomic mass is 9.42. The van der Waals surface area contributed by atoms with E-state index in [1.807, 2.05) is 0 Å². The number of fused-ring (bicyclic) bond motifs is 3. The minimum absolute atomic E-state index is 0.194. The molecule has 224 valence electrons. The molecule has 3 aliphatic rings. The van der Waals surface area contributed by atoms with Gasteiger partial charge in [0.15, 0.2) is 23.0 Å². The lowest BCUT2D eigenvalue weighted by molar-refractivity contribution is -0.202. The predicted molar refractivity (Wildman–Crippen MR) is 157 cm³/mol. The Kier molecular flexibility index (Phi) is 6.72. The number of allylic oxidation sites excluding steroid dienone is 1. The van der Waals surface area contributed by atoms with E-state index in [1.165, 1.54) is 32.9 Å². The normalized spacial score (nSPS) is 31.2. The number of phenols is 1. The largest absolute Gasteiger partial charge is 0.511 e. The van der Waals surface area contributed by atoms with Crippen molar-refractivity contribution in [3.8, 4) is 5.75 Å². The molecule has 0 aliphatic heterocycles. The van der Waals surface area contributed by atoms with E-state index in [1.54, 1.807) is 50.3 Å². The second-order valence-corrected chi connectivity index (χ2v) is 12.5. The van der Waals surface area contributed by atoms with E-state index in [2.05, 4.69) is 0 Å². The van der Waals surface area contributed by atoms with Crippen LogP contribution < -0.4 is 0 Å². The Labute approximate surface area is 248 Å². The van der Waals surface area contributed by atoms with E-state index in [9.17, 15) is 44.7 Å². The van der Waals surface area contributed by atoms with Gasteiger partial charge < -0.3 is 25.5 Å². The number of aliphatic hydroxyl groups excluding tert-OH is 3. The van der Waals surface area contributed by atoms with Crippen molar-refractivity contribution in [2.75, 3.05) is 0 Å². The van der Waals surface area contributed by atoms with Crippen LogP contribution in [0.5, 0.6) is 5.75 Å². The Morgan fingerprint density at radius 1 is 0.953 bits per heavy atom. The van der Waals surface area contributed by atoms with E-state index in [-0.39, 0.29) is 22.5 Å². The van der Waals surface area contributed by atoms with E-state index in [0.717, 1.165) is 6.92 Å². The molecule has 5 atom stereocenters. The van der Waals surface area contributed by atoms with E-state index < -0.39 is 80.1 Å². The Balaban J connectivity index is 1.96. The first-order chi connectivity index (χ1) is 20.0. The van der Waals surface area contributed by atoms with Crippen LogP contribution in [0.4, 0.5) is 0 Å². The van der Waals surface area contributed by atoms with Crippen LogP contribution in [0.25, 0.3) is 11.6 Å². The number of aliphatic hydroxyl groups is 4. The van der Waals surface area contributed by atoms with Crippen molar-refractivity contribution in [1.82, 2.24) is 0 Å². The van der Waals surface area contributed by atoms with Gasteiger partial charge in [0.05, 0.1) is 22.7 Å². The molecule has 9 nitrogen and oxygen atoms in total. The van der Waals surface area contributed by atoms with Crippen molar-refractivity contribution in [2.45, 2.75) is 53.2 Å². The van der Waals surface area contributed by atoms with Gasteiger partial charge in [0, 0.05) is 16.9 Å². The molecular formula is C34H34O9. The van der Waals surface area contributed by atoms with Crippen LogP contribution in [0.1, 0.15) is 73.4 Å². The second kappa shape index (κ2) is 9.59. The molecule has 2 aromatic carbocycles. The summed E-state index contributed by atoms with van der Waals surface area (Å²) in [6, 6.07) is 11.0. The first-order valence-corrected chi connectivity index (χ1v) is 14.0. The molecule has 0 saturated carbocycles. The lowest BCUT2D eigenvalue weighted by Crippen LogP contribution is -2.73. The smallest absolute Gasteiger partial charge is 0.209 e. The predicted octanol–water partition coefficient (Wildman–Crippen LogP) is 4.52. The van der Waals surface area contributed by atoms with Crippen LogP contribution in [0.15, 0.2) is 65.1 Å². The molecule has 9 heteroatoms. The van der Waals surface area contributed by atoms with Crippen molar-refractivity contribution >= 4 is 34.8 Å². The average Bonchev–Trinajstić information content (AvgIpc) is 2.92. The number of aromatic hydroxyl groups is 1. The number of phenolic OH excluding ortho intramolecular Hbond substituents is 1. The molecule has 5 N–H and O–H groups in total. The maximum absolute atomic E-state index is 14.2. The van der Waals surface area contributed by atoms with Gasteiger partial charge in [0.1, 0.15) is 22.8 Å². The van der Waals surface area contributed by atoms with Gasteiger partial charge in [-0.3, -0.25) is 19.2 Å². The van der Waals surface area contributed by atoms with Crippen molar-refractivity contribution in [1.29, 1.82) is 0 Å². The Morgan fingerprint density at radius 2 is 1.58 bits per heavy atom. The molecule has 0 heterocycles. The van der Waals surface area contributed by atoms with E-state index in [0.29, 0.717) is 11.1 Å². The number of hydrogen-bond donors (Lipinski definition) is 5. The molecule has 1 unspecified atom stereocenters. The highest BCUT2D eigenvalue weighted by Gasteiger charge is 2.75. The summed E-state index contributed by atoms with van der Waals surface area (Å²) in [6.45, 7) is 8.64. The third-order valence-corrected chi connectivity index (χ3v) is 9.71. The van der Waals surface area contributed by atoms with Crippen molar-refractivity contribution < 1.29 is 44.7 Å². The minimum atomic E-state index is -2.99. The SMILES string of the molecule is CC(=O)C1=C(O)C(C(C)C)[C@@]2(C)[C@H](O)[C@]3(C)C(=C(O)[C@@]2(O)C1=O)C(=O)c1c(O)cccc1/C3=C\c1cccc(C(C)=O)c1. The third kappa shape index (κ3) is 3.64. The number of Topliss-reactive ketones (excluding diaryl/α,β-unsaturated/α-hetero) is 4. The molecular weight excluding hydrogens is 552 g/mol. The second-order valence-electron chi connectivity index (χ2n) is 12.5. The number of hydrogen-bond acceptors (Lipinski definition) is 9. The van der Waals surface area contributed by atoms with Crippen LogP contribution in [0, 0.1) is 22.7 Å². The van der Waals surface area contributed by atoms with Gasteiger partial charge in [0.25, 0.3) is 0 Å². The van der Waals surface area contributed by atoms with Crippen molar-refractivity contribution in [3.63, 3.8) is 0 Å². The van der Waals surface area contributed by atoms with Crippen LogP contribution in [-0.2, 0) is 9.59 Å². The fraction of sp³-hybridized carbons (Fsp3) is 0.353. The van der Waals surface area contributed by atoms with Crippen LogP contribution >= 0.6 is 0 Å². The Bertz CT molecular complexity index is 1740. The van der Waals surface area contributed by atoms with Gasteiger partial charge in [-0.15, -0.1) is 0 Å². The third-order valence-electron chi connectivity index (χ3n) is 9.71. The van der Waals surface area contributed by atoms with Gasteiger partial charge in [-0.1, -0.05) is 57.2 Å². The number of ketones is 4. The Morgan fingerprint density at radius 3 is 2.16 bits per heavy atom.